The van der Waals surface area contributed by atoms with E-state index in [4.69, 9.17) is 14.6 Å². The molecule has 1 aromatic carbocycles. The van der Waals surface area contributed by atoms with Gasteiger partial charge in [-0.2, -0.15) is 11.3 Å². The number of nitrogens with zero attached hydrogens (tertiary/aromatic N) is 1. The second kappa shape index (κ2) is 8.23. The van der Waals surface area contributed by atoms with Gasteiger partial charge in [0.15, 0.2) is 18.1 Å². The van der Waals surface area contributed by atoms with Crippen LogP contribution in [-0.4, -0.2) is 41.6 Å². The summed E-state index contributed by atoms with van der Waals surface area (Å²) in [5, 5.41) is 12.9. The molecule has 1 amide bonds. The van der Waals surface area contributed by atoms with Gasteiger partial charge in [0.05, 0.1) is 12.6 Å². The molecule has 1 N–H and O–H groups in total. The number of likely N-dealkylation sites (tertiary alicyclic amines) is 1. The normalized spacial score (nSPS) is 16.5. The molecular weight excluding hydrogens is 354 g/mol. The number of aliphatic carboxylic acids is 1. The maximum Gasteiger partial charge on any atom is 0.341 e. The maximum atomic E-state index is 13.0. The minimum absolute atomic E-state index is 0.0514. The quantitative estimate of drug-likeness (QED) is 0.800. The van der Waals surface area contributed by atoms with Crippen molar-refractivity contribution < 1.29 is 24.2 Å². The third-order valence-corrected chi connectivity index (χ3v) is 4.98. The Morgan fingerprint density at radius 3 is 2.81 bits per heavy atom. The van der Waals surface area contributed by atoms with Crippen molar-refractivity contribution in [1.82, 2.24) is 4.90 Å². The lowest BCUT2D eigenvalue weighted by Gasteiger charge is -2.24. The average molecular weight is 375 g/mol. The van der Waals surface area contributed by atoms with Crippen LogP contribution in [0.15, 0.2) is 35.0 Å². The monoisotopic (exact) mass is 375 g/mol. The molecule has 2 heterocycles. The fourth-order valence-electron chi connectivity index (χ4n) is 3.15. The lowest BCUT2D eigenvalue weighted by Crippen LogP contribution is -2.30. The van der Waals surface area contributed by atoms with Crippen LogP contribution in [0, 0.1) is 0 Å². The van der Waals surface area contributed by atoms with E-state index < -0.39 is 12.6 Å². The first-order chi connectivity index (χ1) is 12.6. The van der Waals surface area contributed by atoms with Gasteiger partial charge in [-0.25, -0.2) is 4.79 Å². The predicted molar refractivity (Wildman–Crippen MR) is 98.1 cm³/mol. The number of hydrogen-bond donors (Lipinski definition) is 1. The molecule has 0 unspecified atom stereocenters. The van der Waals surface area contributed by atoms with E-state index in [0.717, 1.165) is 19.4 Å². The van der Waals surface area contributed by atoms with Crippen molar-refractivity contribution in [3.63, 3.8) is 0 Å². The summed E-state index contributed by atoms with van der Waals surface area (Å²) in [4.78, 5) is 25.6. The van der Waals surface area contributed by atoms with E-state index in [0.29, 0.717) is 23.7 Å². The molecule has 0 radical (unpaired) electrons. The molecule has 0 spiro atoms. The highest BCUT2D eigenvalue weighted by atomic mass is 32.1. The minimum Gasteiger partial charge on any atom is -0.490 e. The fourth-order valence-corrected chi connectivity index (χ4v) is 3.86. The van der Waals surface area contributed by atoms with Crippen LogP contribution in [-0.2, 0) is 4.79 Å². The van der Waals surface area contributed by atoms with Gasteiger partial charge in [0, 0.05) is 12.1 Å². The molecule has 1 aromatic heterocycles. The van der Waals surface area contributed by atoms with E-state index in [1.54, 1.807) is 29.5 Å². The van der Waals surface area contributed by atoms with E-state index >= 15 is 0 Å². The number of carboxylic acid groups (broad SMARTS) is 1. The lowest BCUT2D eigenvalue weighted by molar-refractivity contribution is -0.139. The van der Waals surface area contributed by atoms with E-state index in [9.17, 15) is 9.59 Å². The van der Waals surface area contributed by atoms with E-state index in [2.05, 4.69) is 11.4 Å². The first-order valence-corrected chi connectivity index (χ1v) is 9.49. The number of amides is 1. The number of thiophene rings is 1. The van der Waals surface area contributed by atoms with Gasteiger partial charge in [0.1, 0.15) is 0 Å². The van der Waals surface area contributed by atoms with E-state index in [1.165, 1.54) is 5.56 Å². The number of rotatable bonds is 7. The van der Waals surface area contributed by atoms with Gasteiger partial charge in [-0.3, -0.25) is 4.79 Å². The third-order valence-electron chi connectivity index (χ3n) is 4.28. The smallest absolute Gasteiger partial charge is 0.341 e. The number of carbonyl (C=O) groups is 2. The summed E-state index contributed by atoms with van der Waals surface area (Å²) in [5.41, 5.74) is 1.69. The molecule has 26 heavy (non-hydrogen) atoms. The van der Waals surface area contributed by atoms with E-state index in [1.807, 2.05) is 17.2 Å². The van der Waals surface area contributed by atoms with Crippen molar-refractivity contribution in [2.45, 2.75) is 25.8 Å². The number of ether oxygens (including phenoxy) is 2. The molecule has 0 aliphatic carbocycles. The Hall–Kier alpha value is -2.54. The molecule has 1 aliphatic heterocycles. The molecule has 0 saturated carbocycles. The van der Waals surface area contributed by atoms with Crippen molar-refractivity contribution in [3.05, 3.63) is 46.2 Å². The molecule has 0 bridgehead atoms. The molecule has 6 nitrogen and oxygen atoms in total. The second-order valence-corrected chi connectivity index (χ2v) is 6.77. The van der Waals surface area contributed by atoms with Crippen LogP contribution in [0.2, 0.25) is 0 Å². The summed E-state index contributed by atoms with van der Waals surface area (Å²) in [6.45, 7) is 2.48. The van der Waals surface area contributed by atoms with Gasteiger partial charge in [0.2, 0.25) is 0 Å². The van der Waals surface area contributed by atoms with Gasteiger partial charge in [-0.15, -0.1) is 0 Å². The van der Waals surface area contributed by atoms with Gasteiger partial charge in [-0.05, 0) is 60.4 Å². The Balaban J connectivity index is 1.82. The SMILES string of the molecule is CCOc1cc(C(=O)N2CCC[C@@H]2c2ccsc2)ccc1OCC(=O)O. The van der Waals surface area contributed by atoms with Crippen LogP contribution in [0.4, 0.5) is 0 Å². The van der Waals surface area contributed by atoms with Gasteiger partial charge in [0.25, 0.3) is 5.91 Å². The largest absolute Gasteiger partial charge is 0.490 e. The molecule has 2 aromatic rings. The van der Waals surface area contributed by atoms with Crippen LogP contribution in [0.5, 0.6) is 11.5 Å². The van der Waals surface area contributed by atoms with Gasteiger partial charge < -0.3 is 19.5 Å². The molecule has 7 heteroatoms. The molecular formula is C19H21NO5S. The summed E-state index contributed by atoms with van der Waals surface area (Å²) in [5.74, 6) is -0.416. The zero-order chi connectivity index (χ0) is 18.5. The van der Waals surface area contributed by atoms with E-state index in [-0.39, 0.29) is 11.9 Å². The van der Waals surface area contributed by atoms with Crippen molar-refractivity contribution in [2.75, 3.05) is 19.8 Å². The lowest BCUT2D eigenvalue weighted by atomic mass is 10.1. The highest BCUT2D eigenvalue weighted by Crippen LogP contribution is 2.35. The minimum atomic E-state index is -1.07. The van der Waals surface area contributed by atoms with Crippen LogP contribution in [0.25, 0.3) is 0 Å². The zero-order valence-corrected chi connectivity index (χ0v) is 15.3. The van der Waals surface area contributed by atoms with Gasteiger partial charge >= 0.3 is 5.97 Å². The topological polar surface area (TPSA) is 76.1 Å². The number of benzene rings is 1. The summed E-state index contributed by atoms with van der Waals surface area (Å²) in [7, 11) is 0. The Morgan fingerprint density at radius 2 is 2.12 bits per heavy atom. The third kappa shape index (κ3) is 3.99. The average Bonchev–Trinajstić information content (AvgIpc) is 3.31. The van der Waals surface area contributed by atoms with Crippen LogP contribution in [0.1, 0.15) is 41.7 Å². The number of carbonyl (C=O) groups excluding carboxylic acids is 1. The first kappa shape index (κ1) is 18.3. The molecule has 1 aliphatic rings. The zero-order valence-electron chi connectivity index (χ0n) is 14.5. The van der Waals surface area contributed by atoms with Crippen molar-refractivity contribution >= 4 is 23.2 Å². The standard InChI is InChI=1S/C19H21NO5S/c1-2-24-17-10-13(5-6-16(17)25-11-18(21)22)19(23)20-8-3-4-15(20)14-7-9-26-12-14/h5-7,9-10,12,15H,2-4,8,11H2,1H3,(H,21,22)/t15-/m1/s1. The highest BCUT2D eigenvalue weighted by molar-refractivity contribution is 7.08. The summed E-state index contributed by atoms with van der Waals surface area (Å²) >= 11 is 1.63. The Bertz CT molecular complexity index is 774. The second-order valence-electron chi connectivity index (χ2n) is 5.99. The van der Waals surface area contributed by atoms with Crippen molar-refractivity contribution in [1.29, 1.82) is 0 Å². The predicted octanol–water partition coefficient (Wildman–Crippen LogP) is 3.59. The molecule has 1 fully saturated rings. The molecule has 1 saturated heterocycles. The fraction of sp³-hybridized carbons (Fsp3) is 0.368. The Kier molecular flexibility index (Phi) is 5.78. The van der Waals surface area contributed by atoms with Crippen molar-refractivity contribution in [3.8, 4) is 11.5 Å². The maximum absolute atomic E-state index is 13.0. The Morgan fingerprint density at radius 1 is 1.27 bits per heavy atom. The molecule has 1 atom stereocenters. The van der Waals surface area contributed by atoms with Gasteiger partial charge in [-0.1, -0.05) is 0 Å². The Labute approximate surface area is 156 Å². The van der Waals surface area contributed by atoms with Crippen molar-refractivity contribution in [2.24, 2.45) is 0 Å². The first-order valence-electron chi connectivity index (χ1n) is 8.54. The number of carboxylic acids is 1. The van der Waals surface area contributed by atoms with Crippen LogP contribution >= 0.6 is 11.3 Å². The van der Waals surface area contributed by atoms with Crippen LogP contribution in [0.3, 0.4) is 0 Å². The van der Waals surface area contributed by atoms with Crippen LogP contribution < -0.4 is 9.47 Å². The molecule has 138 valence electrons. The highest BCUT2D eigenvalue weighted by Gasteiger charge is 2.31. The number of hydrogen-bond acceptors (Lipinski definition) is 5. The summed E-state index contributed by atoms with van der Waals surface area (Å²) < 4.78 is 10.8. The summed E-state index contributed by atoms with van der Waals surface area (Å²) in [6, 6.07) is 7.05. The summed E-state index contributed by atoms with van der Waals surface area (Å²) in [6.07, 6.45) is 1.94. The molecule has 3 rings (SSSR count).